The van der Waals surface area contributed by atoms with E-state index in [2.05, 4.69) is 10.3 Å². The van der Waals surface area contributed by atoms with Crippen LogP contribution < -0.4 is 14.8 Å². The molecule has 0 bridgehead atoms. The summed E-state index contributed by atoms with van der Waals surface area (Å²) in [6, 6.07) is 18.9. The van der Waals surface area contributed by atoms with Crippen molar-refractivity contribution < 1.29 is 19.1 Å². The molecule has 7 nitrogen and oxygen atoms in total. The van der Waals surface area contributed by atoms with Gasteiger partial charge in [-0.05, 0) is 42.0 Å². The zero-order valence-corrected chi connectivity index (χ0v) is 17.8. The summed E-state index contributed by atoms with van der Waals surface area (Å²) in [5, 5.41) is 2.91. The highest BCUT2D eigenvalue weighted by atomic mass is 16.5. The van der Waals surface area contributed by atoms with Crippen LogP contribution in [0.5, 0.6) is 11.5 Å². The molecule has 2 heterocycles. The number of nitrogens with one attached hydrogen (secondary N) is 1. The normalized spacial score (nSPS) is 16.3. The Morgan fingerprint density at radius 3 is 2.41 bits per heavy atom. The van der Waals surface area contributed by atoms with Crippen LogP contribution in [-0.2, 0) is 4.79 Å². The van der Waals surface area contributed by atoms with Crippen LogP contribution in [0.1, 0.15) is 28.4 Å². The average molecular weight is 431 g/mol. The van der Waals surface area contributed by atoms with Gasteiger partial charge < -0.3 is 19.7 Å². The molecule has 1 N–H and O–H groups in total. The number of rotatable bonds is 7. The second-order valence-corrected chi connectivity index (χ2v) is 7.54. The first-order chi connectivity index (χ1) is 15.6. The van der Waals surface area contributed by atoms with Crippen molar-refractivity contribution >= 4 is 11.8 Å². The Morgan fingerprint density at radius 1 is 1.00 bits per heavy atom. The fourth-order valence-electron chi connectivity index (χ4n) is 3.71. The topological polar surface area (TPSA) is 80.8 Å². The standard InChI is InChI=1S/C25H25N3O4/c1-31-20-9-7-19(8-10-20)24(29)27-23(18-5-3-2-4-6-18)25(30)28-16-13-22(17-28)32-21-11-14-26-15-12-21/h2-12,14-15,22-23H,13,16-17H2,1H3,(H,27,29). The zero-order chi connectivity index (χ0) is 22.3. The lowest BCUT2D eigenvalue weighted by molar-refractivity contribution is -0.132. The number of aromatic nitrogens is 1. The Labute approximate surface area is 187 Å². The van der Waals surface area contributed by atoms with E-state index in [4.69, 9.17) is 9.47 Å². The fourth-order valence-corrected chi connectivity index (χ4v) is 3.71. The third kappa shape index (κ3) is 5.06. The Morgan fingerprint density at radius 2 is 1.72 bits per heavy atom. The van der Waals surface area contributed by atoms with Gasteiger partial charge in [0.2, 0.25) is 5.91 Å². The van der Waals surface area contributed by atoms with E-state index in [-0.39, 0.29) is 17.9 Å². The van der Waals surface area contributed by atoms with Gasteiger partial charge in [-0.2, -0.15) is 0 Å². The Kier molecular flexibility index (Phi) is 6.65. The summed E-state index contributed by atoms with van der Waals surface area (Å²) >= 11 is 0. The maximum Gasteiger partial charge on any atom is 0.252 e. The van der Waals surface area contributed by atoms with Crippen LogP contribution in [0.3, 0.4) is 0 Å². The predicted molar refractivity (Wildman–Crippen MR) is 119 cm³/mol. The van der Waals surface area contributed by atoms with Crippen LogP contribution in [0.25, 0.3) is 0 Å². The minimum Gasteiger partial charge on any atom is -0.497 e. The van der Waals surface area contributed by atoms with E-state index in [0.29, 0.717) is 24.4 Å². The van der Waals surface area contributed by atoms with Gasteiger partial charge in [-0.3, -0.25) is 14.6 Å². The van der Waals surface area contributed by atoms with E-state index in [1.165, 1.54) is 0 Å². The number of methoxy groups -OCH3 is 1. The van der Waals surface area contributed by atoms with Gasteiger partial charge in [-0.1, -0.05) is 30.3 Å². The van der Waals surface area contributed by atoms with E-state index in [0.717, 1.165) is 17.7 Å². The summed E-state index contributed by atoms with van der Waals surface area (Å²) in [6.45, 7) is 1.03. The van der Waals surface area contributed by atoms with Crippen molar-refractivity contribution in [1.82, 2.24) is 15.2 Å². The number of benzene rings is 2. The van der Waals surface area contributed by atoms with Gasteiger partial charge in [-0.15, -0.1) is 0 Å². The van der Waals surface area contributed by atoms with Crippen LogP contribution >= 0.6 is 0 Å². The first-order valence-electron chi connectivity index (χ1n) is 10.5. The highest BCUT2D eigenvalue weighted by Crippen LogP contribution is 2.23. The van der Waals surface area contributed by atoms with Crippen molar-refractivity contribution in [3.63, 3.8) is 0 Å². The molecule has 0 aliphatic carbocycles. The molecule has 2 unspecified atom stereocenters. The SMILES string of the molecule is COc1ccc(C(=O)NC(C(=O)N2CCC(Oc3ccncc3)C2)c2ccccc2)cc1. The number of carbonyl (C=O) groups excluding carboxylic acids is 2. The van der Waals surface area contributed by atoms with Crippen molar-refractivity contribution in [3.05, 3.63) is 90.3 Å². The smallest absolute Gasteiger partial charge is 0.252 e. The lowest BCUT2D eigenvalue weighted by atomic mass is 10.0. The van der Waals surface area contributed by atoms with Gasteiger partial charge in [-0.25, -0.2) is 0 Å². The Balaban J connectivity index is 1.48. The summed E-state index contributed by atoms with van der Waals surface area (Å²) < 4.78 is 11.1. The monoisotopic (exact) mass is 431 g/mol. The minimum atomic E-state index is -0.787. The summed E-state index contributed by atoms with van der Waals surface area (Å²) in [4.78, 5) is 32.1. The van der Waals surface area contributed by atoms with Gasteiger partial charge in [0.05, 0.1) is 13.7 Å². The number of pyridine rings is 1. The maximum atomic E-state index is 13.4. The number of hydrogen-bond donors (Lipinski definition) is 1. The highest BCUT2D eigenvalue weighted by Gasteiger charge is 2.33. The predicted octanol–water partition coefficient (Wildman–Crippen LogP) is 3.24. The largest absolute Gasteiger partial charge is 0.497 e. The number of ether oxygens (including phenoxy) is 2. The van der Waals surface area contributed by atoms with E-state index in [9.17, 15) is 9.59 Å². The van der Waals surface area contributed by atoms with Crippen LogP contribution in [0, 0.1) is 0 Å². The van der Waals surface area contributed by atoms with Crippen LogP contribution in [0.4, 0.5) is 0 Å². The molecular weight excluding hydrogens is 406 g/mol. The number of hydrogen-bond acceptors (Lipinski definition) is 5. The lowest BCUT2D eigenvalue weighted by Gasteiger charge is -2.25. The van der Waals surface area contributed by atoms with Gasteiger partial charge in [0.1, 0.15) is 23.6 Å². The van der Waals surface area contributed by atoms with Gasteiger partial charge in [0.25, 0.3) is 5.91 Å². The van der Waals surface area contributed by atoms with E-state index in [1.807, 2.05) is 30.3 Å². The molecule has 0 radical (unpaired) electrons. The van der Waals surface area contributed by atoms with Crippen molar-refractivity contribution in [2.45, 2.75) is 18.6 Å². The molecule has 1 aromatic heterocycles. The van der Waals surface area contributed by atoms with Crippen molar-refractivity contribution in [2.75, 3.05) is 20.2 Å². The second-order valence-electron chi connectivity index (χ2n) is 7.54. The van der Waals surface area contributed by atoms with Gasteiger partial charge in [0, 0.05) is 30.9 Å². The molecule has 1 aliphatic heterocycles. The molecule has 1 aliphatic rings. The molecule has 2 atom stereocenters. The number of nitrogens with zero attached hydrogens (tertiary/aromatic N) is 2. The first-order valence-corrected chi connectivity index (χ1v) is 10.5. The Bertz CT molecular complexity index is 1040. The lowest BCUT2D eigenvalue weighted by Crippen LogP contribution is -2.42. The molecule has 2 amide bonds. The highest BCUT2D eigenvalue weighted by molar-refractivity contribution is 5.98. The van der Waals surface area contributed by atoms with Crippen molar-refractivity contribution in [3.8, 4) is 11.5 Å². The molecule has 4 rings (SSSR count). The van der Waals surface area contributed by atoms with Gasteiger partial charge >= 0.3 is 0 Å². The number of likely N-dealkylation sites (tertiary alicyclic amines) is 1. The van der Waals surface area contributed by atoms with Crippen molar-refractivity contribution in [1.29, 1.82) is 0 Å². The number of amides is 2. The summed E-state index contributed by atoms with van der Waals surface area (Å²) in [5.74, 6) is 0.916. The van der Waals surface area contributed by atoms with Gasteiger partial charge in [0.15, 0.2) is 0 Å². The maximum absolute atomic E-state index is 13.4. The Hall–Kier alpha value is -3.87. The summed E-state index contributed by atoms with van der Waals surface area (Å²) in [6.07, 6.45) is 3.97. The van der Waals surface area contributed by atoms with E-state index < -0.39 is 6.04 Å². The molecular formula is C25H25N3O4. The summed E-state index contributed by atoms with van der Waals surface area (Å²) in [5.41, 5.74) is 1.19. The zero-order valence-electron chi connectivity index (χ0n) is 17.8. The summed E-state index contributed by atoms with van der Waals surface area (Å²) in [7, 11) is 1.57. The number of carbonyl (C=O) groups is 2. The molecule has 0 saturated carbocycles. The molecule has 2 aromatic carbocycles. The molecule has 1 fully saturated rings. The minimum absolute atomic E-state index is 0.102. The van der Waals surface area contributed by atoms with E-state index in [1.54, 1.807) is 60.8 Å². The molecule has 32 heavy (non-hydrogen) atoms. The second kappa shape index (κ2) is 9.96. The van der Waals surface area contributed by atoms with Crippen molar-refractivity contribution in [2.24, 2.45) is 0 Å². The van der Waals surface area contributed by atoms with Crippen LogP contribution in [-0.4, -0.2) is 48.0 Å². The third-order valence-electron chi connectivity index (χ3n) is 5.42. The van der Waals surface area contributed by atoms with Crippen LogP contribution in [0.15, 0.2) is 79.1 Å². The van der Waals surface area contributed by atoms with E-state index >= 15 is 0 Å². The average Bonchev–Trinajstić information content (AvgIpc) is 3.31. The first kappa shape index (κ1) is 21.4. The molecule has 0 spiro atoms. The molecule has 164 valence electrons. The third-order valence-corrected chi connectivity index (χ3v) is 5.42. The quantitative estimate of drug-likeness (QED) is 0.621. The molecule has 7 heteroatoms. The molecule has 1 saturated heterocycles. The molecule has 3 aromatic rings. The fraction of sp³-hybridized carbons (Fsp3) is 0.240. The van der Waals surface area contributed by atoms with Crippen LogP contribution in [0.2, 0.25) is 0 Å².